The molecule has 210 valence electrons. The fraction of sp³-hybridized carbons (Fsp3) is 0. The van der Waals surface area contributed by atoms with E-state index in [4.69, 9.17) is 4.42 Å². The Kier molecular flexibility index (Phi) is 5.19. The Morgan fingerprint density at radius 3 is 2.04 bits per heavy atom. The fourth-order valence-electron chi connectivity index (χ4n) is 7.14. The van der Waals surface area contributed by atoms with Crippen LogP contribution in [-0.2, 0) is 0 Å². The van der Waals surface area contributed by atoms with Gasteiger partial charge in [0, 0.05) is 41.7 Å². The molecule has 0 saturated carbocycles. The molecule has 0 saturated heterocycles. The van der Waals surface area contributed by atoms with E-state index >= 15 is 0 Å². The Balaban J connectivity index is 1.30. The predicted molar refractivity (Wildman–Crippen MR) is 192 cm³/mol. The summed E-state index contributed by atoms with van der Waals surface area (Å²) in [4.78, 5) is 0. The van der Waals surface area contributed by atoms with Gasteiger partial charge in [-0.2, -0.15) is 0 Å². The van der Waals surface area contributed by atoms with Gasteiger partial charge in [-0.05, 0) is 64.7 Å². The van der Waals surface area contributed by atoms with E-state index in [-0.39, 0.29) is 0 Å². The molecule has 2 nitrogen and oxygen atoms in total. The molecule has 0 fully saturated rings. The van der Waals surface area contributed by atoms with Crippen molar-refractivity contribution in [2.75, 3.05) is 0 Å². The second kappa shape index (κ2) is 9.43. The van der Waals surface area contributed by atoms with Crippen LogP contribution in [0.5, 0.6) is 0 Å². The molecular weight excluding hydrogens is 567 g/mol. The molecule has 10 aromatic rings. The summed E-state index contributed by atoms with van der Waals surface area (Å²) in [6.07, 6.45) is 0. The molecule has 0 atom stereocenters. The summed E-state index contributed by atoms with van der Waals surface area (Å²) in [5, 5.41) is 7.43. The number of nitrogens with zero attached hydrogens (tertiary/aromatic N) is 1. The molecule has 7 aromatic carbocycles. The van der Waals surface area contributed by atoms with Gasteiger partial charge in [0.25, 0.3) is 0 Å². The van der Waals surface area contributed by atoms with Gasteiger partial charge in [0.05, 0.1) is 16.7 Å². The van der Waals surface area contributed by atoms with Crippen molar-refractivity contribution in [3.05, 3.63) is 152 Å². The molecule has 0 amide bonds. The van der Waals surface area contributed by atoms with Crippen LogP contribution in [0.1, 0.15) is 0 Å². The maximum atomic E-state index is 6.57. The maximum Gasteiger partial charge on any atom is 0.159 e. The van der Waals surface area contributed by atoms with E-state index in [9.17, 15) is 0 Å². The molecule has 0 aliphatic carbocycles. The molecule has 0 unspecified atom stereocenters. The lowest BCUT2D eigenvalue weighted by Gasteiger charge is -2.10. The minimum absolute atomic E-state index is 0.910. The first-order chi connectivity index (χ1) is 22.3. The average molecular weight is 592 g/mol. The van der Waals surface area contributed by atoms with Crippen molar-refractivity contribution >= 4 is 75.3 Å². The number of hydrogen-bond acceptors (Lipinski definition) is 2. The normalized spacial score (nSPS) is 12.0. The maximum absolute atomic E-state index is 6.57. The van der Waals surface area contributed by atoms with Crippen molar-refractivity contribution in [1.29, 1.82) is 0 Å². The Morgan fingerprint density at radius 1 is 0.444 bits per heavy atom. The van der Waals surface area contributed by atoms with Crippen LogP contribution < -0.4 is 0 Å². The molecule has 0 N–H and O–H groups in total. The summed E-state index contributed by atoms with van der Waals surface area (Å²) < 4.78 is 11.6. The van der Waals surface area contributed by atoms with Gasteiger partial charge in [0.1, 0.15) is 5.58 Å². The number of thiophene rings is 1. The Morgan fingerprint density at radius 2 is 1.13 bits per heavy atom. The highest BCUT2D eigenvalue weighted by atomic mass is 32.1. The number of hydrogen-bond donors (Lipinski definition) is 0. The van der Waals surface area contributed by atoms with Crippen molar-refractivity contribution < 1.29 is 4.42 Å². The molecule has 0 spiro atoms. The average Bonchev–Trinajstić information content (AvgIpc) is 3.78. The fourth-order valence-corrected chi connectivity index (χ4v) is 8.40. The topological polar surface area (TPSA) is 18.1 Å². The molecule has 0 aliphatic rings. The molecule has 10 rings (SSSR count). The monoisotopic (exact) mass is 591 g/mol. The van der Waals surface area contributed by atoms with Crippen molar-refractivity contribution in [2.45, 2.75) is 0 Å². The van der Waals surface area contributed by atoms with Gasteiger partial charge in [-0.15, -0.1) is 11.3 Å². The van der Waals surface area contributed by atoms with Gasteiger partial charge >= 0.3 is 0 Å². The van der Waals surface area contributed by atoms with Crippen molar-refractivity contribution in [3.8, 4) is 27.9 Å². The van der Waals surface area contributed by atoms with Crippen LogP contribution in [0.4, 0.5) is 0 Å². The van der Waals surface area contributed by atoms with E-state index in [0.717, 1.165) is 27.6 Å². The van der Waals surface area contributed by atoms with Gasteiger partial charge < -0.3 is 8.98 Å². The Labute approximate surface area is 263 Å². The summed E-state index contributed by atoms with van der Waals surface area (Å²) in [7, 11) is 0. The lowest BCUT2D eigenvalue weighted by molar-refractivity contribution is 0.666. The Hall–Kier alpha value is -5.64. The van der Waals surface area contributed by atoms with E-state index < -0.39 is 0 Å². The first-order valence-corrected chi connectivity index (χ1v) is 16.1. The molecular formula is C42H25NOS. The van der Waals surface area contributed by atoms with E-state index in [1.807, 2.05) is 17.4 Å². The van der Waals surface area contributed by atoms with E-state index in [1.54, 1.807) is 0 Å². The van der Waals surface area contributed by atoms with Crippen LogP contribution in [0.15, 0.2) is 156 Å². The molecule has 3 heterocycles. The van der Waals surface area contributed by atoms with E-state index in [0.29, 0.717) is 0 Å². The number of benzene rings is 7. The molecule has 3 aromatic heterocycles. The molecule has 0 radical (unpaired) electrons. The summed E-state index contributed by atoms with van der Waals surface area (Å²) in [5.74, 6) is 0. The van der Waals surface area contributed by atoms with Crippen molar-refractivity contribution in [1.82, 2.24) is 4.57 Å². The molecule has 45 heavy (non-hydrogen) atoms. The number of furan rings is 1. The van der Waals surface area contributed by atoms with E-state index in [1.165, 1.54) is 64.2 Å². The van der Waals surface area contributed by atoms with Crippen molar-refractivity contribution in [3.63, 3.8) is 0 Å². The summed E-state index contributed by atoms with van der Waals surface area (Å²) in [6.45, 7) is 0. The van der Waals surface area contributed by atoms with Crippen LogP contribution in [0.3, 0.4) is 0 Å². The van der Waals surface area contributed by atoms with Crippen LogP contribution in [-0.4, -0.2) is 4.57 Å². The second-order valence-corrected chi connectivity index (χ2v) is 12.8. The number of rotatable bonds is 3. The lowest BCUT2D eigenvalue weighted by Crippen LogP contribution is -1.94. The van der Waals surface area contributed by atoms with Crippen LogP contribution in [0, 0.1) is 0 Å². The third-order valence-electron chi connectivity index (χ3n) is 9.20. The first-order valence-electron chi connectivity index (χ1n) is 15.3. The van der Waals surface area contributed by atoms with Crippen LogP contribution >= 0.6 is 11.3 Å². The largest absolute Gasteiger partial charge is 0.454 e. The highest BCUT2D eigenvalue weighted by molar-refractivity contribution is 7.26. The number of fused-ring (bicyclic) bond motifs is 10. The van der Waals surface area contributed by atoms with Crippen LogP contribution in [0.2, 0.25) is 0 Å². The standard InChI is InChI=1S/C42H25NOS/c1-2-10-26(11-3-1)27-12-8-13-28(24-27)29-20-22-35-34(25-29)40-36(23-21-33-31-15-5-7-19-39(31)45-42(33)40)43(35)37-17-9-16-32-30-14-4-6-18-38(30)44-41(32)37/h1-25H. The highest BCUT2D eigenvalue weighted by Crippen LogP contribution is 2.45. The number of aromatic nitrogens is 1. The van der Waals surface area contributed by atoms with Gasteiger partial charge in [0.15, 0.2) is 5.58 Å². The molecule has 0 bridgehead atoms. The van der Waals surface area contributed by atoms with Gasteiger partial charge in [-0.1, -0.05) is 109 Å². The third kappa shape index (κ3) is 3.62. The van der Waals surface area contributed by atoms with Crippen molar-refractivity contribution in [2.24, 2.45) is 0 Å². The van der Waals surface area contributed by atoms with Crippen LogP contribution in [0.25, 0.3) is 91.9 Å². The van der Waals surface area contributed by atoms with Gasteiger partial charge in [-0.25, -0.2) is 0 Å². The Bertz CT molecular complexity index is 2760. The lowest BCUT2D eigenvalue weighted by atomic mass is 9.98. The van der Waals surface area contributed by atoms with Gasteiger partial charge in [0.2, 0.25) is 0 Å². The first kappa shape index (κ1) is 24.8. The zero-order valence-corrected chi connectivity index (χ0v) is 25.0. The summed E-state index contributed by atoms with van der Waals surface area (Å²) >= 11 is 1.89. The summed E-state index contributed by atoms with van der Waals surface area (Å²) in [5.41, 5.74) is 10.1. The smallest absolute Gasteiger partial charge is 0.159 e. The second-order valence-electron chi connectivity index (χ2n) is 11.7. The summed E-state index contributed by atoms with van der Waals surface area (Å²) in [6, 6.07) is 54.6. The number of para-hydroxylation sites is 2. The van der Waals surface area contributed by atoms with Gasteiger partial charge in [-0.3, -0.25) is 0 Å². The minimum Gasteiger partial charge on any atom is -0.454 e. The van der Waals surface area contributed by atoms with E-state index in [2.05, 4.69) is 150 Å². The zero-order chi connectivity index (χ0) is 29.5. The third-order valence-corrected chi connectivity index (χ3v) is 10.4. The minimum atomic E-state index is 0.910. The SMILES string of the molecule is c1ccc(-c2cccc(-c3ccc4c(c3)c3c5sc6ccccc6c5ccc3n4-c3cccc4c3oc3ccccc34)c2)cc1. The molecule has 3 heteroatoms. The zero-order valence-electron chi connectivity index (χ0n) is 24.2. The highest BCUT2D eigenvalue weighted by Gasteiger charge is 2.21. The predicted octanol–water partition coefficient (Wildman–Crippen LogP) is 12.4. The quantitative estimate of drug-likeness (QED) is 0.200. The molecule has 0 aliphatic heterocycles.